The van der Waals surface area contributed by atoms with Crippen molar-refractivity contribution in [2.45, 2.75) is 50.1 Å². The zero-order chi connectivity index (χ0) is 34.3. The van der Waals surface area contributed by atoms with Gasteiger partial charge in [-0.3, -0.25) is 14.5 Å². The molecule has 0 bridgehead atoms. The summed E-state index contributed by atoms with van der Waals surface area (Å²) >= 11 is 0. The molecule has 0 unspecified atom stereocenters. The summed E-state index contributed by atoms with van der Waals surface area (Å²) in [5, 5.41) is 2.54. The van der Waals surface area contributed by atoms with Gasteiger partial charge in [0.15, 0.2) is 10.7 Å². The van der Waals surface area contributed by atoms with Gasteiger partial charge in [-0.05, 0) is 84.3 Å². The SMILES string of the molecule is CNC(=O)CCN1CCc2c(C)cc(-c3ccc(C)cc3S(=O)(=O)c3cnc4[nH]cc(-c5ccc(C(=O)N(C)C)c(C)c5)c4n3)cc2C1. The van der Waals surface area contributed by atoms with Gasteiger partial charge in [-0.25, -0.2) is 18.4 Å². The molecule has 0 saturated heterocycles. The van der Waals surface area contributed by atoms with E-state index in [1.54, 1.807) is 39.5 Å². The Morgan fingerprint density at radius 1 is 0.979 bits per heavy atom. The molecule has 3 heterocycles. The van der Waals surface area contributed by atoms with E-state index in [-0.39, 0.29) is 21.7 Å². The van der Waals surface area contributed by atoms with Gasteiger partial charge < -0.3 is 15.2 Å². The quantitative estimate of drug-likeness (QED) is 0.232. The molecule has 10 nitrogen and oxygen atoms in total. The normalized spacial score (nSPS) is 13.4. The molecule has 48 heavy (non-hydrogen) atoms. The first-order valence-corrected chi connectivity index (χ1v) is 17.4. The lowest BCUT2D eigenvalue weighted by atomic mass is 9.90. The monoisotopic (exact) mass is 664 g/mol. The summed E-state index contributed by atoms with van der Waals surface area (Å²) < 4.78 is 28.9. The number of aromatic nitrogens is 3. The largest absolute Gasteiger partial charge is 0.359 e. The molecular formula is C37H40N6O4S. The summed E-state index contributed by atoms with van der Waals surface area (Å²) in [5.41, 5.74) is 9.54. The number of benzene rings is 3. The van der Waals surface area contributed by atoms with Crippen LogP contribution in [0.5, 0.6) is 0 Å². The average Bonchev–Trinajstić information content (AvgIpc) is 3.50. The van der Waals surface area contributed by atoms with Crippen molar-refractivity contribution in [1.29, 1.82) is 0 Å². The van der Waals surface area contributed by atoms with Gasteiger partial charge >= 0.3 is 0 Å². The second-order valence-electron chi connectivity index (χ2n) is 12.7. The van der Waals surface area contributed by atoms with E-state index in [9.17, 15) is 18.0 Å². The fourth-order valence-electron chi connectivity index (χ4n) is 6.45. The molecule has 0 spiro atoms. The molecule has 0 aliphatic carbocycles. The van der Waals surface area contributed by atoms with Crippen molar-refractivity contribution < 1.29 is 18.0 Å². The van der Waals surface area contributed by atoms with Crippen LogP contribution in [0.4, 0.5) is 0 Å². The van der Waals surface area contributed by atoms with Crippen LogP contribution in [0.15, 0.2) is 70.8 Å². The first kappa shape index (κ1) is 33.0. The number of H-pyrrole nitrogens is 1. The van der Waals surface area contributed by atoms with E-state index in [4.69, 9.17) is 0 Å². The second-order valence-corrected chi connectivity index (χ2v) is 14.6. The highest BCUT2D eigenvalue weighted by Gasteiger charge is 2.27. The Kier molecular flexibility index (Phi) is 8.93. The summed E-state index contributed by atoms with van der Waals surface area (Å²) in [5.74, 6) is -0.0784. The van der Waals surface area contributed by atoms with E-state index in [0.717, 1.165) is 46.3 Å². The molecule has 0 atom stereocenters. The fourth-order valence-corrected chi connectivity index (χ4v) is 7.89. The van der Waals surface area contributed by atoms with Gasteiger partial charge in [-0.2, -0.15) is 0 Å². The Bertz CT molecular complexity index is 2190. The number of hydrogen-bond donors (Lipinski definition) is 2. The van der Waals surface area contributed by atoms with Crippen molar-refractivity contribution in [1.82, 2.24) is 30.1 Å². The van der Waals surface area contributed by atoms with Crippen molar-refractivity contribution in [2.24, 2.45) is 0 Å². The summed E-state index contributed by atoms with van der Waals surface area (Å²) in [6.45, 7) is 8.04. The van der Waals surface area contributed by atoms with Crippen molar-refractivity contribution >= 4 is 32.8 Å². The van der Waals surface area contributed by atoms with Crippen molar-refractivity contribution in [3.63, 3.8) is 0 Å². The molecule has 2 amide bonds. The van der Waals surface area contributed by atoms with E-state index < -0.39 is 9.84 Å². The maximum atomic E-state index is 14.4. The molecule has 0 fully saturated rings. The predicted molar refractivity (Wildman–Crippen MR) is 187 cm³/mol. The first-order chi connectivity index (χ1) is 22.9. The number of carbonyl (C=O) groups is 2. The highest BCUT2D eigenvalue weighted by molar-refractivity contribution is 7.91. The molecule has 248 valence electrons. The van der Waals surface area contributed by atoms with Crippen LogP contribution in [0.25, 0.3) is 33.4 Å². The number of nitrogens with one attached hydrogen (secondary N) is 2. The topological polar surface area (TPSA) is 128 Å². The summed E-state index contributed by atoms with van der Waals surface area (Å²) in [7, 11) is 0.969. The predicted octanol–water partition coefficient (Wildman–Crippen LogP) is 5.25. The first-order valence-electron chi connectivity index (χ1n) is 16.0. The number of hydrogen-bond acceptors (Lipinski definition) is 7. The Morgan fingerprint density at radius 2 is 1.75 bits per heavy atom. The highest BCUT2D eigenvalue weighted by atomic mass is 32.2. The van der Waals surface area contributed by atoms with Crippen LogP contribution in [0.1, 0.15) is 44.6 Å². The molecule has 1 aliphatic rings. The standard InChI is InChI=1S/C37H40N6O4S/c1-22-7-9-30(26-17-23(2)28-11-13-43(21-27(28)18-26)14-12-33(44)38-4)32(15-22)48(46,47)34-20-40-36-35(41-34)31(19-39-36)25-8-10-29(24(3)16-25)37(45)42(5)6/h7-10,15-20H,11-14,21H2,1-6H3,(H,38,44)(H,39,40). The number of amides is 2. The van der Waals surface area contributed by atoms with Crippen molar-refractivity contribution in [3.8, 4) is 22.3 Å². The average molecular weight is 665 g/mol. The van der Waals surface area contributed by atoms with Crippen molar-refractivity contribution in [2.75, 3.05) is 34.2 Å². The molecule has 1 aliphatic heterocycles. The summed E-state index contributed by atoms with van der Waals surface area (Å²) in [6, 6.07) is 15.2. The van der Waals surface area contributed by atoms with Crippen LogP contribution in [-0.4, -0.2) is 79.2 Å². The lowest BCUT2D eigenvalue weighted by Crippen LogP contribution is -2.34. The zero-order valence-corrected chi connectivity index (χ0v) is 29.0. The van der Waals surface area contributed by atoms with Gasteiger partial charge in [-0.15, -0.1) is 0 Å². The number of aryl methyl sites for hydroxylation is 3. The van der Waals surface area contributed by atoms with E-state index >= 15 is 0 Å². The molecule has 2 aromatic heterocycles. The minimum atomic E-state index is -4.10. The van der Waals surface area contributed by atoms with Gasteiger partial charge in [0.1, 0.15) is 5.52 Å². The summed E-state index contributed by atoms with van der Waals surface area (Å²) in [4.78, 5) is 40.7. The second kappa shape index (κ2) is 13.0. The van der Waals surface area contributed by atoms with Crippen LogP contribution in [0.2, 0.25) is 0 Å². The molecule has 11 heteroatoms. The van der Waals surface area contributed by atoms with Crippen LogP contribution in [0.3, 0.4) is 0 Å². The molecule has 3 aromatic carbocycles. The van der Waals surface area contributed by atoms with Crippen LogP contribution in [0, 0.1) is 20.8 Å². The zero-order valence-electron chi connectivity index (χ0n) is 28.1. The van der Waals surface area contributed by atoms with Crippen LogP contribution < -0.4 is 5.32 Å². The third-order valence-corrected chi connectivity index (χ3v) is 10.8. The number of carbonyl (C=O) groups excluding carboxylic acids is 2. The molecular weight excluding hydrogens is 625 g/mol. The van der Waals surface area contributed by atoms with E-state index in [0.29, 0.717) is 47.4 Å². The minimum absolute atomic E-state index is 0.0118. The van der Waals surface area contributed by atoms with Gasteiger partial charge in [-0.1, -0.05) is 30.3 Å². The van der Waals surface area contributed by atoms with E-state index in [1.807, 2.05) is 38.1 Å². The Hall–Kier alpha value is -4.87. The highest BCUT2D eigenvalue weighted by Crippen LogP contribution is 2.36. The third-order valence-electron chi connectivity index (χ3n) is 9.12. The summed E-state index contributed by atoms with van der Waals surface area (Å²) in [6.07, 6.45) is 4.36. The molecule has 5 aromatic rings. The number of nitrogens with zero attached hydrogens (tertiary/aromatic N) is 4. The Morgan fingerprint density at radius 3 is 2.48 bits per heavy atom. The Balaban J connectivity index is 1.39. The van der Waals surface area contributed by atoms with Crippen LogP contribution >= 0.6 is 0 Å². The number of fused-ring (bicyclic) bond motifs is 2. The minimum Gasteiger partial charge on any atom is -0.359 e. The lowest BCUT2D eigenvalue weighted by molar-refractivity contribution is -0.121. The van der Waals surface area contributed by atoms with Gasteiger partial charge in [0.2, 0.25) is 15.7 Å². The maximum absolute atomic E-state index is 14.4. The molecule has 0 radical (unpaired) electrons. The Labute approximate surface area is 281 Å². The lowest BCUT2D eigenvalue weighted by Gasteiger charge is -2.30. The van der Waals surface area contributed by atoms with Gasteiger partial charge in [0.25, 0.3) is 5.91 Å². The third kappa shape index (κ3) is 6.23. The van der Waals surface area contributed by atoms with Gasteiger partial charge in [0, 0.05) is 70.1 Å². The van der Waals surface area contributed by atoms with Gasteiger partial charge in [0.05, 0.1) is 11.1 Å². The van der Waals surface area contributed by atoms with Crippen molar-refractivity contribution in [3.05, 3.63) is 94.3 Å². The van der Waals surface area contributed by atoms with E-state index in [1.165, 1.54) is 16.7 Å². The van der Waals surface area contributed by atoms with Crippen LogP contribution in [-0.2, 0) is 27.6 Å². The number of aromatic amines is 1. The molecule has 2 N–H and O–H groups in total. The number of rotatable bonds is 8. The molecule has 0 saturated carbocycles. The fraction of sp³-hybridized carbons (Fsp3) is 0.297. The smallest absolute Gasteiger partial charge is 0.253 e. The maximum Gasteiger partial charge on any atom is 0.253 e. The molecule has 6 rings (SSSR count). The number of sulfone groups is 1. The van der Waals surface area contributed by atoms with E-state index in [2.05, 4.69) is 44.2 Å².